The molecule has 1 aliphatic rings. The Balaban J connectivity index is 1.62. The minimum absolute atomic E-state index is 0.0655. The van der Waals surface area contributed by atoms with Crippen LogP contribution >= 0.6 is 0 Å². The summed E-state index contributed by atoms with van der Waals surface area (Å²) in [6, 6.07) is 4.35. The number of hydrogen-bond donors (Lipinski definition) is 2. The average molecular weight is 305 g/mol. The van der Waals surface area contributed by atoms with Crippen LogP contribution in [0.25, 0.3) is 0 Å². The largest absolute Gasteiger partial charge is 0.490 e. The first-order valence-corrected chi connectivity index (χ1v) is 6.68. The Labute approximate surface area is 125 Å². The van der Waals surface area contributed by atoms with Gasteiger partial charge in [0.1, 0.15) is 24.0 Å². The molecule has 2 heterocycles. The molecule has 0 aliphatic carbocycles. The van der Waals surface area contributed by atoms with Crippen LogP contribution in [0.3, 0.4) is 0 Å². The quantitative estimate of drug-likeness (QED) is 0.914. The molecular formula is C15H13F2N3O2. The fourth-order valence-corrected chi connectivity index (χ4v) is 2.28. The zero-order valence-corrected chi connectivity index (χ0v) is 11.5. The molecule has 0 saturated carbocycles. The van der Waals surface area contributed by atoms with Gasteiger partial charge in [0, 0.05) is 31.1 Å². The summed E-state index contributed by atoms with van der Waals surface area (Å²) in [5.41, 5.74) is 1.01. The molecule has 2 aromatic rings. The molecule has 0 saturated heterocycles. The van der Waals surface area contributed by atoms with Crippen molar-refractivity contribution < 1.29 is 18.3 Å². The van der Waals surface area contributed by atoms with E-state index in [0.717, 1.165) is 17.7 Å². The Kier molecular flexibility index (Phi) is 3.86. The number of pyridine rings is 1. The first-order chi connectivity index (χ1) is 10.6. The van der Waals surface area contributed by atoms with Gasteiger partial charge in [0.2, 0.25) is 0 Å². The van der Waals surface area contributed by atoms with Crippen LogP contribution in [0.2, 0.25) is 0 Å². The number of rotatable bonds is 3. The summed E-state index contributed by atoms with van der Waals surface area (Å²) in [6.45, 7) is 0.363. The van der Waals surface area contributed by atoms with Gasteiger partial charge in [0.05, 0.1) is 11.6 Å². The molecule has 7 heteroatoms. The van der Waals surface area contributed by atoms with Crippen LogP contribution in [0.4, 0.5) is 13.6 Å². The lowest BCUT2D eigenvalue weighted by Gasteiger charge is -2.13. The first kappa shape index (κ1) is 14.2. The predicted molar refractivity (Wildman–Crippen MR) is 74.2 cm³/mol. The van der Waals surface area contributed by atoms with Gasteiger partial charge in [-0.05, 0) is 11.6 Å². The van der Waals surface area contributed by atoms with Crippen LogP contribution in [0.1, 0.15) is 17.2 Å². The molecule has 1 aromatic carbocycles. The molecule has 2 amide bonds. The van der Waals surface area contributed by atoms with E-state index in [4.69, 9.17) is 4.74 Å². The number of aromatic nitrogens is 1. The molecule has 5 nitrogen and oxygen atoms in total. The van der Waals surface area contributed by atoms with E-state index in [1.54, 1.807) is 18.5 Å². The lowest BCUT2D eigenvalue weighted by molar-refractivity contribution is 0.231. The van der Waals surface area contributed by atoms with Gasteiger partial charge < -0.3 is 15.4 Å². The highest BCUT2D eigenvalue weighted by Gasteiger charge is 2.29. The molecule has 0 unspecified atom stereocenters. The number of ether oxygens (including phenoxy) is 1. The van der Waals surface area contributed by atoms with E-state index in [0.29, 0.717) is 6.54 Å². The second-order valence-corrected chi connectivity index (χ2v) is 4.85. The molecule has 114 valence electrons. The highest BCUT2D eigenvalue weighted by Crippen LogP contribution is 2.35. The summed E-state index contributed by atoms with van der Waals surface area (Å²) < 4.78 is 32.1. The first-order valence-electron chi connectivity index (χ1n) is 6.68. The number of nitrogens with zero attached hydrogens (tertiary/aromatic N) is 1. The lowest BCUT2D eigenvalue weighted by atomic mass is 10.1. The average Bonchev–Trinajstić information content (AvgIpc) is 2.89. The summed E-state index contributed by atoms with van der Waals surface area (Å²) in [5, 5.41) is 5.25. The lowest BCUT2D eigenvalue weighted by Crippen LogP contribution is -2.38. The second-order valence-electron chi connectivity index (χ2n) is 4.85. The maximum absolute atomic E-state index is 13.8. The fourth-order valence-electron chi connectivity index (χ4n) is 2.28. The van der Waals surface area contributed by atoms with E-state index in [1.165, 1.54) is 0 Å². The minimum Gasteiger partial charge on any atom is -0.490 e. The van der Waals surface area contributed by atoms with Crippen LogP contribution in [0, 0.1) is 11.6 Å². The van der Waals surface area contributed by atoms with E-state index in [2.05, 4.69) is 15.6 Å². The number of nitrogens with one attached hydrogen (secondary N) is 2. The van der Waals surface area contributed by atoms with Crippen molar-refractivity contribution in [1.82, 2.24) is 15.6 Å². The smallest absolute Gasteiger partial charge is 0.315 e. The molecule has 0 fully saturated rings. The molecular weight excluding hydrogens is 292 g/mol. The molecule has 1 atom stereocenters. The Morgan fingerprint density at radius 2 is 2.27 bits per heavy atom. The van der Waals surface area contributed by atoms with Gasteiger partial charge >= 0.3 is 6.03 Å². The topological polar surface area (TPSA) is 63.2 Å². The SMILES string of the molecule is O=C(NCc1cccnc1)N[C@H]1COc2cc(F)cc(F)c21. The maximum Gasteiger partial charge on any atom is 0.315 e. The predicted octanol–water partition coefficient (Wildman–Crippen LogP) is 2.29. The summed E-state index contributed by atoms with van der Waals surface area (Å²) in [7, 11) is 0. The molecule has 3 rings (SSSR count). The zero-order chi connectivity index (χ0) is 15.5. The molecule has 0 radical (unpaired) electrons. The number of amides is 2. The third-order valence-electron chi connectivity index (χ3n) is 3.29. The Hall–Kier alpha value is -2.70. The Morgan fingerprint density at radius 1 is 1.41 bits per heavy atom. The summed E-state index contributed by atoms with van der Waals surface area (Å²) in [5.74, 6) is -1.32. The normalized spacial score (nSPS) is 15.8. The van der Waals surface area contributed by atoms with Gasteiger partial charge in [-0.2, -0.15) is 0 Å². The van der Waals surface area contributed by atoms with Gasteiger partial charge in [-0.3, -0.25) is 4.98 Å². The highest BCUT2D eigenvalue weighted by atomic mass is 19.1. The Bertz CT molecular complexity index is 695. The number of carbonyl (C=O) groups excluding carboxylic acids is 1. The van der Waals surface area contributed by atoms with Crippen molar-refractivity contribution in [3.8, 4) is 5.75 Å². The van der Waals surface area contributed by atoms with Gasteiger partial charge in [-0.15, -0.1) is 0 Å². The van der Waals surface area contributed by atoms with Crippen molar-refractivity contribution >= 4 is 6.03 Å². The zero-order valence-electron chi connectivity index (χ0n) is 11.5. The third-order valence-corrected chi connectivity index (χ3v) is 3.29. The number of carbonyl (C=O) groups is 1. The van der Waals surface area contributed by atoms with Gasteiger partial charge in [0.15, 0.2) is 0 Å². The van der Waals surface area contributed by atoms with Crippen molar-refractivity contribution in [1.29, 1.82) is 0 Å². The van der Waals surface area contributed by atoms with E-state index in [9.17, 15) is 13.6 Å². The molecule has 0 bridgehead atoms. The monoisotopic (exact) mass is 305 g/mol. The standard InChI is InChI=1S/C15H13F2N3O2/c16-10-4-11(17)14-12(8-22-13(14)5-10)20-15(21)19-7-9-2-1-3-18-6-9/h1-6,12H,7-8H2,(H2,19,20,21)/t12-/m0/s1. The van der Waals surface area contributed by atoms with E-state index in [1.807, 2.05) is 6.07 Å². The van der Waals surface area contributed by atoms with Crippen LogP contribution in [0.15, 0.2) is 36.7 Å². The number of urea groups is 1. The van der Waals surface area contributed by atoms with Gasteiger partial charge in [-0.1, -0.05) is 6.07 Å². The van der Waals surface area contributed by atoms with Crippen molar-refractivity contribution in [3.63, 3.8) is 0 Å². The number of fused-ring (bicyclic) bond motifs is 1. The minimum atomic E-state index is -0.731. The second kappa shape index (κ2) is 5.97. The number of hydrogen-bond acceptors (Lipinski definition) is 3. The highest BCUT2D eigenvalue weighted by molar-refractivity contribution is 5.74. The van der Waals surface area contributed by atoms with Crippen LogP contribution < -0.4 is 15.4 Å². The van der Waals surface area contributed by atoms with Crippen molar-refractivity contribution in [3.05, 3.63) is 59.4 Å². The summed E-state index contributed by atoms with van der Waals surface area (Å²) >= 11 is 0. The van der Waals surface area contributed by atoms with Crippen molar-refractivity contribution in [2.24, 2.45) is 0 Å². The van der Waals surface area contributed by atoms with E-state index >= 15 is 0 Å². The van der Waals surface area contributed by atoms with Gasteiger partial charge in [0.25, 0.3) is 0 Å². The third kappa shape index (κ3) is 2.98. The van der Waals surface area contributed by atoms with Crippen molar-refractivity contribution in [2.75, 3.05) is 6.61 Å². The van der Waals surface area contributed by atoms with E-state index < -0.39 is 23.7 Å². The van der Waals surface area contributed by atoms with Gasteiger partial charge in [-0.25, -0.2) is 13.6 Å². The number of halogens is 2. The van der Waals surface area contributed by atoms with Crippen LogP contribution in [0.5, 0.6) is 5.75 Å². The Morgan fingerprint density at radius 3 is 3.05 bits per heavy atom. The number of benzene rings is 1. The molecule has 0 spiro atoms. The van der Waals surface area contributed by atoms with E-state index in [-0.39, 0.29) is 17.9 Å². The summed E-state index contributed by atoms with van der Waals surface area (Å²) in [4.78, 5) is 15.8. The fraction of sp³-hybridized carbons (Fsp3) is 0.200. The molecule has 2 N–H and O–H groups in total. The molecule has 1 aromatic heterocycles. The molecule has 1 aliphatic heterocycles. The maximum atomic E-state index is 13.8. The molecule has 22 heavy (non-hydrogen) atoms. The van der Waals surface area contributed by atoms with Crippen molar-refractivity contribution in [2.45, 2.75) is 12.6 Å². The summed E-state index contributed by atoms with van der Waals surface area (Å²) in [6.07, 6.45) is 3.27. The van der Waals surface area contributed by atoms with Crippen LogP contribution in [-0.2, 0) is 6.54 Å². The van der Waals surface area contributed by atoms with Crippen LogP contribution in [-0.4, -0.2) is 17.6 Å².